The Morgan fingerprint density at radius 3 is 2.61 bits per heavy atom. The van der Waals surface area contributed by atoms with Gasteiger partial charge in [-0.1, -0.05) is 13.0 Å². The summed E-state index contributed by atoms with van der Waals surface area (Å²) >= 11 is 0. The predicted molar refractivity (Wildman–Crippen MR) is 66.5 cm³/mol. The zero-order valence-electron chi connectivity index (χ0n) is 10.7. The largest absolute Gasteiger partial charge is 0.497 e. The molecule has 102 valence electrons. The maximum Gasteiger partial charge on any atom is 0.272 e. The van der Waals surface area contributed by atoms with Gasteiger partial charge in [0.2, 0.25) is 0 Å². The van der Waals surface area contributed by atoms with E-state index in [0.717, 1.165) is 12.0 Å². The number of hydrogen-bond acceptors (Lipinski definition) is 3. The Labute approximate surface area is 106 Å². The maximum absolute atomic E-state index is 12.2. The molecule has 0 aliphatic carbocycles. The molecular formula is C13H19F2NO2. The summed E-state index contributed by atoms with van der Waals surface area (Å²) in [5, 5.41) is 0. The molecule has 0 aromatic heterocycles. The van der Waals surface area contributed by atoms with E-state index in [0.29, 0.717) is 17.9 Å². The minimum Gasteiger partial charge on any atom is -0.497 e. The number of ether oxygens (including phenoxy) is 2. The van der Waals surface area contributed by atoms with E-state index in [4.69, 9.17) is 15.2 Å². The van der Waals surface area contributed by atoms with E-state index < -0.39 is 13.0 Å². The minimum absolute atomic E-state index is 0.00713. The Hall–Kier alpha value is -1.36. The number of nitrogens with two attached hydrogens (primary N) is 1. The summed E-state index contributed by atoms with van der Waals surface area (Å²) in [7, 11) is 1.52. The molecule has 0 heterocycles. The van der Waals surface area contributed by atoms with Crippen molar-refractivity contribution >= 4 is 0 Å². The summed E-state index contributed by atoms with van der Waals surface area (Å²) in [5.41, 5.74) is 6.69. The highest BCUT2D eigenvalue weighted by Crippen LogP contribution is 2.26. The van der Waals surface area contributed by atoms with Crippen LogP contribution in [0.4, 0.5) is 8.78 Å². The van der Waals surface area contributed by atoms with Crippen molar-refractivity contribution in [1.82, 2.24) is 0 Å². The molecule has 1 atom stereocenters. The van der Waals surface area contributed by atoms with Crippen molar-refractivity contribution in [3.63, 3.8) is 0 Å². The van der Waals surface area contributed by atoms with Crippen molar-refractivity contribution in [2.75, 3.05) is 13.7 Å². The molecular weight excluding hydrogens is 240 g/mol. The lowest BCUT2D eigenvalue weighted by Gasteiger charge is -2.15. The van der Waals surface area contributed by atoms with E-state index in [-0.39, 0.29) is 6.04 Å². The van der Waals surface area contributed by atoms with Crippen LogP contribution in [0.2, 0.25) is 0 Å². The van der Waals surface area contributed by atoms with Crippen LogP contribution in [0.5, 0.6) is 11.5 Å². The fourth-order valence-electron chi connectivity index (χ4n) is 1.54. The highest BCUT2D eigenvalue weighted by molar-refractivity contribution is 5.41. The summed E-state index contributed by atoms with van der Waals surface area (Å²) in [4.78, 5) is 0. The molecule has 1 unspecified atom stereocenters. The zero-order valence-corrected chi connectivity index (χ0v) is 10.7. The van der Waals surface area contributed by atoms with Crippen LogP contribution in [0.1, 0.15) is 18.9 Å². The van der Waals surface area contributed by atoms with Crippen LogP contribution in [0.15, 0.2) is 18.2 Å². The Morgan fingerprint density at radius 1 is 1.33 bits per heavy atom. The Kier molecular flexibility index (Phi) is 5.85. The molecule has 5 heteroatoms. The van der Waals surface area contributed by atoms with Gasteiger partial charge in [0.15, 0.2) is 0 Å². The lowest BCUT2D eigenvalue weighted by molar-refractivity contribution is 0.0812. The van der Waals surface area contributed by atoms with Crippen molar-refractivity contribution in [1.29, 1.82) is 0 Å². The van der Waals surface area contributed by atoms with Crippen LogP contribution in [-0.4, -0.2) is 26.2 Å². The molecule has 2 N–H and O–H groups in total. The van der Waals surface area contributed by atoms with Crippen molar-refractivity contribution in [2.45, 2.75) is 32.2 Å². The number of hydrogen-bond donors (Lipinski definition) is 1. The summed E-state index contributed by atoms with van der Waals surface area (Å²) < 4.78 is 34.5. The van der Waals surface area contributed by atoms with Crippen LogP contribution in [0, 0.1) is 0 Å². The summed E-state index contributed by atoms with van der Waals surface area (Å²) in [6.07, 6.45) is -1.08. The summed E-state index contributed by atoms with van der Waals surface area (Å²) in [5.74, 6) is 0.992. The molecule has 1 aromatic rings. The highest BCUT2D eigenvalue weighted by Gasteiger charge is 2.11. The van der Waals surface area contributed by atoms with Gasteiger partial charge in [0.25, 0.3) is 6.43 Å². The van der Waals surface area contributed by atoms with Crippen LogP contribution < -0.4 is 15.2 Å². The maximum atomic E-state index is 12.2. The van der Waals surface area contributed by atoms with Gasteiger partial charge in [-0.25, -0.2) is 8.78 Å². The predicted octanol–water partition coefficient (Wildman–Crippen LogP) is 2.62. The smallest absolute Gasteiger partial charge is 0.272 e. The first-order chi connectivity index (χ1) is 8.56. The number of alkyl halides is 2. The quantitative estimate of drug-likeness (QED) is 0.818. The molecule has 0 aliphatic rings. The van der Waals surface area contributed by atoms with Crippen LogP contribution in [-0.2, 0) is 6.42 Å². The molecule has 3 nitrogen and oxygen atoms in total. The third-order valence-corrected chi connectivity index (χ3v) is 2.65. The fourth-order valence-corrected chi connectivity index (χ4v) is 1.54. The second-order valence-electron chi connectivity index (χ2n) is 4.05. The molecule has 0 aliphatic heterocycles. The fraction of sp³-hybridized carbons (Fsp3) is 0.538. The van der Waals surface area contributed by atoms with Crippen molar-refractivity contribution in [3.8, 4) is 11.5 Å². The standard InChI is InChI=1S/C13H19F2NO2/c1-3-10(16)6-9-4-5-11(17-2)7-12(9)18-8-13(14)15/h4-5,7,10,13H,3,6,8,16H2,1-2H3. The van der Waals surface area contributed by atoms with Crippen molar-refractivity contribution < 1.29 is 18.3 Å². The van der Waals surface area contributed by atoms with E-state index >= 15 is 0 Å². The third kappa shape index (κ3) is 4.49. The molecule has 1 aromatic carbocycles. The number of halogens is 2. The number of benzene rings is 1. The van der Waals surface area contributed by atoms with E-state index in [1.807, 2.05) is 6.92 Å². The summed E-state index contributed by atoms with van der Waals surface area (Å²) in [6, 6.07) is 5.18. The van der Waals surface area contributed by atoms with Crippen LogP contribution in [0.25, 0.3) is 0 Å². The summed E-state index contributed by atoms with van der Waals surface area (Å²) in [6.45, 7) is 1.36. The lowest BCUT2D eigenvalue weighted by Crippen LogP contribution is -2.22. The van der Waals surface area contributed by atoms with Gasteiger partial charge in [-0.2, -0.15) is 0 Å². The number of rotatable bonds is 7. The number of methoxy groups -OCH3 is 1. The molecule has 0 radical (unpaired) electrons. The molecule has 0 saturated carbocycles. The normalized spacial score (nSPS) is 12.6. The van der Waals surface area contributed by atoms with E-state index in [2.05, 4.69) is 0 Å². The third-order valence-electron chi connectivity index (χ3n) is 2.65. The molecule has 18 heavy (non-hydrogen) atoms. The first-order valence-corrected chi connectivity index (χ1v) is 5.90. The van der Waals surface area contributed by atoms with Gasteiger partial charge >= 0.3 is 0 Å². The van der Waals surface area contributed by atoms with Crippen molar-refractivity contribution in [2.24, 2.45) is 5.73 Å². The van der Waals surface area contributed by atoms with Gasteiger partial charge in [-0.15, -0.1) is 0 Å². The molecule has 0 amide bonds. The topological polar surface area (TPSA) is 44.5 Å². The Morgan fingerprint density at radius 2 is 2.06 bits per heavy atom. The van der Waals surface area contributed by atoms with E-state index in [1.54, 1.807) is 18.2 Å². The average molecular weight is 259 g/mol. The highest BCUT2D eigenvalue weighted by atomic mass is 19.3. The second kappa shape index (κ2) is 7.16. The lowest BCUT2D eigenvalue weighted by atomic mass is 10.0. The molecule has 0 saturated heterocycles. The molecule has 1 rings (SSSR count). The van der Waals surface area contributed by atoms with Gasteiger partial charge in [0.05, 0.1) is 7.11 Å². The van der Waals surface area contributed by atoms with Gasteiger partial charge in [0.1, 0.15) is 18.1 Å². The van der Waals surface area contributed by atoms with Crippen LogP contribution >= 0.6 is 0 Å². The monoisotopic (exact) mass is 259 g/mol. The van der Waals surface area contributed by atoms with Gasteiger partial charge in [-0.05, 0) is 24.5 Å². The van der Waals surface area contributed by atoms with Crippen LogP contribution in [0.3, 0.4) is 0 Å². The first-order valence-electron chi connectivity index (χ1n) is 5.90. The Bertz CT molecular complexity index is 372. The zero-order chi connectivity index (χ0) is 13.5. The molecule has 0 spiro atoms. The second-order valence-corrected chi connectivity index (χ2v) is 4.05. The molecule has 0 bridgehead atoms. The first kappa shape index (κ1) is 14.7. The van der Waals surface area contributed by atoms with Gasteiger partial charge < -0.3 is 15.2 Å². The van der Waals surface area contributed by atoms with Gasteiger partial charge in [-0.3, -0.25) is 0 Å². The van der Waals surface area contributed by atoms with Crippen molar-refractivity contribution in [3.05, 3.63) is 23.8 Å². The minimum atomic E-state index is -2.50. The van der Waals surface area contributed by atoms with E-state index in [9.17, 15) is 8.78 Å². The molecule has 0 fully saturated rings. The average Bonchev–Trinajstić information content (AvgIpc) is 2.37. The Balaban J connectivity index is 2.85. The van der Waals surface area contributed by atoms with E-state index in [1.165, 1.54) is 7.11 Å². The van der Waals surface area contributed by atoms with Gasteiger partial charge in [0, 0.05) is 12.1 Å². The SMILES string of the molecule is CCC(N)Cc1ccc(OC)cc1OCC(F)F.